The summed E-state index contributed by atoms with van der Waals surface area (Å²) in [6, 6.07) is 13.9. The van der Waals surface area contributed by atoms with E-state index < -0.39 is 0 Å². The summed E-state index contributed by atoms with van der Waals surface area (Å²) in [5.74, 6) is 0.218. The zero-order valence-corrected chi connectivity index (χ0v) is 11.0. The van der Waals surface area contributed by atoms with Gasteiger partial charge in [-0.2, -0.15) is 0 Å². The van der Waals surface area contributed by atoms with Crippen molar-refractivity contribution in [2.24, 2.45) is 0 Å². The van der Waals surface area contributed by atoms with Crippen LogP contribution in [0.3, 0.4) is 0 Å². The van der Waals surface area contributed by atoms with Crippen LogP contribution in [0.1, 0.15) is 5.56 Å². The quantitative estimate of drug-likeness (QED) is 0.490. The molecular weight excluding hydrogens is 248 g/mol. The summed E-state index contributed by atoms with van der Waals surface area (Å²) in [6.07, 6.45) is 3.51. The van der Waals surface area contributed by atoms with Crippen molar-refractivity contribution in [1.82, 2.24) is 0 Å². The molecule has 0 heterocycles. The fourth-order valence-corrected chi connectivity index (χ4v) is 1.94. The van der Waals surface area contributed by atoms with Gasteiger partial charge in [0.2, 0.25) is 0 Å². The van der Waals surface area contributed by atoms with E-state index in [2.05, 4.69) is 0 Å². The molecule has 1 nitrogen and oxygen atoms in total. The topological polar surface area (TPSA) is 20.2 Å². The molecule has 0 bridgehead atoms. The summed E-state index contributed by atoms with van der Waals surface area (Å²) in [6.45, 7) is 0. The normalized spacial score (nSPS) is 11.7. The molecule has 3 heteroatoms. The molecule has 17 heavy (non-hydrogen) atoms. The van der Waals surface area contributed by atoms with Crippen LogP contribution in [-0.4, -0.2) is 15.6 Å². The Bertz CT molecular complexity index is 588. The minimum absolute atomic E-state index is 0.218. The maximum Gasteiger partial charge on any atom is 0.124 e. The van der Waals surface area contributed by atoms with Crippen molar-refractivity contribution in [2.75, 3.05) is 6.26 Å². The number of rotatable bonds is 2. The fourth-order valence-electron chi connectivity index (χ4n) is 1.60. The Labute approximate surface area is 110 Å². The van der Waals surface area contributed by atoms with Crippen molar-refractivity contribution in [1.29, 1.82) is 0 Å². The molecule has 2 rings (SSSR count). The van der Waals surface area contributed by atoms with Gasteiger partial charge in [-0.3, -0.25) is 0 Å². The first-order chi connectivity index (χ1) is 8.20. The van der Waals surface area contributed by atoms with Crippen molar-refractivity contribution in [2.45, 2.75) is 0 Å². The maximum atomic E-state index is 9.94. The molecule has 86 valence electrons. The maximum absolute atomic E-state index is 9.94. The third kappa shape index (κ3) is 2.87. The number of aliphatic hydroxyl groups excluding tert-OH is 1. The van der Waals surface area contributed by atoms with E-state index in [1.807, 2.05) is 48.7 Å². The average molecular weight is 260 g/mol. The number of thioether (sulfide) groups is 1. The molecule has 0 spiro atoms. The SMILES string of the molecule is CSC(=S)C=C(O)c1ccc2ccccc2c1. The highest BCUT2D eigenvalue weighted by molar-refractivity contribution is 8.23. The lowest BCUT2D eigenvalue weighted by atomic mass is 10.1. The smallest absolute Gasteiger partial charge is 0.124 e. The average Bonchev–Trinajstić information content (AvgIpc) is 2.38. The van der Waals surface area contributed by atoms with E-state index >= 15 is 0 Å². The van der Waals surface area contributed by atoms with E-state index in [4.69, 9.17) is 12.2 Å². The first-order valence-electron chi connectivity index (χ1n) is 5.18. The largest absolute Gasteiger partial charge is 0.507 e. The van der Waals surface area contributed by atoms with Crippen LogP contribution >= 0.6 is 24.0 Å². The Morgan fingerprint density at radius 2 is 1.88 bits per heavy atom. The van der Waals surface area contributed by atoms with Crippen LogP contribution in [-0.2, 0) is 0 Å². The van der Waals surface area contributed by atoms with E-state index in [0.29, 0.717) is 4.20 Å². The van der Waals surface area contributed by atoms with E-state index in [1.165, 1.54) is 11.8 Å². The molecule has 0 saturated heterocycles. The zero-order valence-electron chi connectivity index (χ0n) is 9.38. The van der Waals surface area contributed by atoms with Gasteiger partial charge >= 0.3 is 0 Å². The molecule has 0 aliphatic rings. The van der Waals surface area contributed by atoms with Crippen molar-refractivity contribution in [3.8, 4) is 0 Å². The third-order valence-electron chi connectivity index (χ3n) is 2.50. The molecule has 0 aliphatic carbocycles. The molecule has 2 aromatic rings. The molecule has 0 aromatic heterocycles. The highest BCUT2D eigenvalue weighted by Crippen LogP contribution is 2.20. The Kier molecular flexibility index (Phi) is 3.82. The highest BCUT2D eigenvalue weighted by atomic mass is 32.2. The fraction of sp³-hybridized carbons (Fsp3) is 0.0714. The second kappa shape index (κ2) is 5.34. The van der Waals surface area contributed by atoms with Crippen molar-refractivity contribution in [3.63, 3.8) is 0 Å². The summed E-state index contributed by atoms with van der Waals surface area (Å²) < 4.78 is 0.677. The zero-order chi connectivity index (χ0) is 12.3. The van der Waals surface area contributed by atoms with Gasteiger partial charge < -0.3 is 5.11 Å². The van der Waals surface area contributed by atoms with Crippen LogP contribution in [0.4, 0.5) is 0 Å². The van der Waals surface area contributed by atoms with Crippen molar-refractivity contribution in [3.05, 3.63) is 54.1 Å². The molecule has 0 radical (unpaired) electrons. The minimum atomic E-state index is 0.218. The predicted molar refractivity (Wildman–Crippen MR) is 80.7 cm³/mol. The molecule has 1 N–H and O–H groups in total. The predicted octanol–water partition coefficient (Wildman–Crippen LogP) is 4.43. The van der Waals surface area contributed by atoms with E-state index in [9.17, 15) is 5.11 Å². The lowest BCUT2D eigenvalue weighted by Gasteiger charge is -2.03. The number of hydrogen-bond donors (Lipinski definition) is 1. The van der Waals surface area contributed by atoms with Crippen molar-refractivity contribution < 1.29 is 5.11 Å². The van der Waals surface area contributed by atoms with E-state index in [-0.39, 0.29) is 5.76 Å². The number of benzene rings is 2. The van der Waals surface area contributed by atoms with Gasteiger partial charge in [-0.1, -0.05) is 48.6 Å². The Balaban J connectivity index is 2.43. The lowest BCUT2D eigenvalue weighted by molar-refractivity contribution is 0.513. The summed E-state index contributed by atoms with van der Waals surface area (Å²) >= 11 is 6.50. The monoisotopic (exact) mass is 260 g/mol. The summed E-state index contributed by atoms with van der Waals surface area (Å²) in [7, 11) is 0. The summed E-state index contributed by atoms with van der Waals surface area (Å²) in [4.78, 5) is 0. The lowest BCUT2D eigenvalue weighted by Crippen LogP contribution is -1.87. The van der Waals surface area contributed by atoms with Gasteiger partial charge in [0.15, 0.2) is 0 Å². The van der Waals surface area contributed by atoms with Crippen LogP contribution in [0.2, 0.25) is 0 Å². The number of thiocarbonyl (C=S) groups is 1. The number of hydrogen-bond acceptors (Lipinski definition) is 3. The second-order valence-electron chi connectivity index (χ2n) is 3.61. The molecule has 0 fully saturated rings. The summed E-state index contributed by atoms with van der Waals surface area (Å²) in [5.41, 5.74) is 0.792. The van der Waals surface area contributed by atoms with Crippen molar-refractivity contribution >= 4 is 44.7 Å². The first-order valence-corrected chi connectivity index (χ1v) is 6.82. The van der Waals surface area contributed by atoms with Crippen LogP contribution in [0, 0.1) is 0 Å². The van der Waals surface area contributed by atoms with Gasteiger partial charge in [-0.15, -0.1) is 11.8 Å². The molecule has 0 unspecified atom stereocenters. The third-order valence-corrected chi connectivity index (χ3v) is 3.64. The van der Waals surface area contributed by atoms with Crippen LogP contribution in [0.5, 0.6) is 0 Å². The van der Waals surface area contributed by atoms with Crippen LogP contribution < -0.4 is 0 Å². The Morgan fingerprint density at radius 3 is 2.59 bits per heavy atom. The van der Waals surface area contributed by atoms with Gasteiger partial charge in [0.1, 0.15) is 5.76 Å². The van der Waals surface area contributed by atoms with E-state index in [0.717, 1.165) is 16.3 Å². The van der Waals surface area contributed by atoms with Gasteiger partial charge in [0.05, 0.1) is 4.20 Å². The minimum Gasteiger partial charge on any atom is -0.507 e. The standard InChI is InChI=1S/C14H12OS2/c1-17-14(16)9-13(15)12-7-6-10-4-2-3-5-11(10)8-12/h2-9,15H,1H3. The molecular formula is C14H12OS2. The Morgan fingerprint density at radius 1 is 1.18 bits per heavy atom. The van der Waals surface area contributed by atoms with Gasteiger partial charge in [0, 0.05) is 11.6 Å². The Hall–Kier alpha value is -1.32. The van der Waals surface area contributed by atoms with Crippen LogP contribution in [0.25, 0.3) is 16.5 Å². The molecule has 0 saturated carbocycles. The van der Waals surface area contributed by atoms with Gasteiger partial charge in [0.25, 0.3) is 0 Å². The molecule has 0 atom stereocenters. The highest BCUT2D eigenvalue weighted by Gasteiger charge is 2.01. The van der Waals surface area contributed by atoms with Gasteiger partial charge in [-0.25, -0.2) is 0 Å². The van der Waals surface area contributed by atoms with E-state index in [1.54, 1.807) is 6.08 Å². The number of fused-ring (bicyclic) bond motifs is 1. The second-order valence-corrected chi connectivity index (χ2v) is 5.16. The molecule has 0 amide bonds. The van der Waals surface area contributed by atoms with Crippen LogP contribution in [0.15, 0.2) is 48.5 Å². The first kappa shape index (κ1) is 12.1. The number of aliphatic hydroxyl groups is 1. The molecule has 0 aliphatic heterocycles. The molecule has 2 aromatic carbocycles. The summed E-state index contributed by atoms with van der Waals surface area (Å²) in [5, 5.41) is 12.2. The van der Waals surface area contributed by atoms with Gasteiger partial charge in [-0.05, 0) is 23.1 Å².